The maximum Gasteiger partial charge on any atom is 0.307 e. The fourth-order valence-corrected chi connectivity index (χ4v) is 1.83. The number of furan rings is 1. The van der Waals surface area contributed by atoms with Gasteiger partial charge in [-0.15, -0.1) is 0 Å². The monoisotopic (exact) mass is 336 g/mol. The number of hydrogen-bond acceptors (Lipinski definition) is 4. The molecular weight excluding hydrogens is 324 g/mol. The molecule has 0 saturated heterocycles. The first-order chi connectivity index (χ1) is 9.60. The van der Waals surface area contributed by atoms with E-state index < -0.39 is 5.91 Å². The Morgan fingerprint density at radius 1 is 1.25 bits per heavy atom. The van der Waals surface area contributed by atoms with Gasteiger partial charge in [-0.1, -0.05) is 0 Å². The predicted molar refractivity (Wildman–Crippen MR) is 79.1 cm³/mol. The molecule has 104 valence electrons. The minimum atomic E-state index is -0.399. The first-order valence-corrected chi connectivity index (χ1v) is 6.64. The van der Waals surface area contributed by atoms with Crippen molar-refractivity contribution in [2.24, 2.45) is 5.10 Å². The Bertz CT molecular complexity index is 632. The van der Waals surface area contributed by atoms with Gasteiger partial charge in [0.1, 0.15) is 5.75 Å². The number of benzene rings is 1. The molecule has 5 nitrogen and oxygen atoms in total. The second kappa shape index (κ2) is 6.38. The number of hydrogen-bond donors (Lipinski definition) is 1. The molecule has 20 heavy (non-hydrogen) atoms. The number of carbonyl (C=O) groups excluding carboxylic acids is 1. The van der Waals surface area contributed by atoms with Crippen LogP contribution < -0.4 is 10.2 Å². The van der Waals surface area contributed by atoms with Crippen molar-refractivity contribution in [3.05, 3.63) is 52.4 Å². The smallest absolute Gasteiger partial charge is 0.307 e. The molecule has 0 radical (unpaired) electrons. The number of nitrogens with one attached hydrogen (secondary N) is 1. The fourth-order valence-electron chi connectivity index (χ4n) is 1.52. The van der Waals surface area contributed by atoms with Crippen LogP contribution in [-0.2, 0) is 0 Å². The largest absolute Gasteiger partial charge is 0.497 e. The summed E-state index contributed by atoms with van der Waals surface area (Å²) in [6.45, 7) is 1.81. The number of hydrazone groups is 1. The molecule has 6 heteroatoms. The van der Waals surface area contributed by atoms with Crippen LogP contribution in [0.2, 0.25) is 0 Å². The number of nitrogens with zero attached hydrogens (tertiary/aromatic N) is 1. The van der Waals surface area contributed by atoms with Crippen LogP contribution >= 0.6 is 15.9 Å². The van der Waals surface area contributed by atoms with Gasteiger partial charge >= 0.3 is 5.91 Å². The van der Waals surface area contributed by atoms with Gasteiger partial charge in [-0.05, 0) is 64.8 Å². The molecule has 0 aliphatic rings. The van der Waals surface area contributed by atoms with E-state index in [4.69, 9.17) is 9.15 Å². The Hall–Kier alpha value is -2.08. The standard InChI is InChI=1S/C14H13BrN2O3/c1-9(10-3-5-11(19-2)6-4-10)16-17-14(18)12-7-8-13(15)20-12/h3-8H,1-2H3,(H,17,18)/b16-9+. The van der Waals surface area contributed by atoms with E-state index >= 15 is 0 Å². The zero-order valence-corrected chi connectivity index (χ0v) is 12.6. The highest BCUT2D eigenvalue weighted by Gasteiger charge is 2.09. The fraction of sp³-hybridized carbons (Fsp3) is 0.143. The van der Waals surface area contributed by atoms with Gasteiger partial charge < -0.3 is 9.15 Å². The van der Waals surface area contributed by atoms with Gasteiger partial charge in [0.25, 0.3) is 0 Å². The Labute approximate surface area is 124 Å². The lowest BCUT2D eigenvalue weighted by molar-refractivity contribution is 0.0926. The molecule has 1 amide bonds. The summed E-state index contributed by atoms with van der Waals surface area (Å²) in [7, 11) is 1.61. The molecule has 2 aromatic rings. The SMILES string of the molecule is COc1ccc(/C(C)=N/NC(=O)c2ccc(Br)o2)cc1. The Kier molecular flexibility index (Phi) is 4.57. The first kappa shape index (κ1) is 14.3. The molecule has 0 atom stereocenters. The van der Waals surface area contributed by atoms with Crippen molar-refractivity contribution in [1.82, 2.24) is 5.43 Å². The molecule has 0 bridgehead atoms. The van der Waals surface area contributed by atoms with Gasteiger partial charge in [0.2, 0.25) is 0 Å². The van der Waals surface area contributed by atoms with Crippen molar-refractivity contribution in [1.29, 1.82) is 0 Å². The molecule has 1 aromatic carbocycles. The van der Waals surface area contributed by atoms with E-state index in [1.54, 1.807) is 26.2 Å². The molecule has 1 N–H and O–H groups in total. The maximum absolute atomic E-state index is 11.7. The zero-order valence-electron chi connectivity index (χ0n) is 11.0. The summed E-state index contributed by atoms with van der Waals surface area (Å²) in [4.78, 5) is 11.7. The summed E-state index contributed by atoms with van der Waals surface area (Å²) >= 11 is 3.14. The number of carbonyl (C=O) groups is 1. The average molecular weight is 337 g/mol. The summed E-state index contributed by atoms with van der Waals surface area (Å²) < 4.78 is 10.7. The van der Waals surface area contributed by atoms with Crippen LogP contribution in [0.15, 0.2) is 50.6 Å². The van der Waals surface area contributed by atoms with E-state index in [2.05, 4.69) is 26.5 Å². The van der Waals surface area contributed by atoms with Crippen LogP contribution in [0.5, 0.6) is 5.75 Å². The Balaban J connectivity index is 2.04. The summed E-state index contributed by atoms with van der Waals surface area (Å²) in [5.74, 6) is 0.567. The lowest BCUT2D eigenvalue weighted by Gasteiger charge is -2.03. The third-order valence-corrected chi connectivity index (χ3v) is 3.06. The zero-order chi connectivity index (χ0) is 14.5. The van der Waals surface area contributed by atoms with Crippen molar-refractivity contribution in [3.8, 4) is 5.75 Å². The van der Waals surface area contributed by atoms with Gasteiger partial charge in [0.15, 0.2) is 10.4 Å². The van der Waals surface area contributed by atoms with Gasteiger partial charge in [-0.25, -0.2) is 5.43 Å². The third kappa shape index (κ3) is 3.48. The molecule has 1 heterocycles. The highest BCUT2D eigenvalue weighted by molar-refractivity contribution is 9.10. The van der Waals surface area contributed by atoms with Gasteiger partial charge in [0.05, 0.1) is 12.8 Å². The first-order valence-electron chi connectivity index (χ1n) is 5.84. The molecule has 0 saturated carbocycles. The predicted octanol–water partition coefficient (Wildman–Crippen LogP) is 3.20. The topological polar surface area (TPSA) is 63.8 Å². The number of rotatable bonds is 4. The molecule has 0 aliphatic heterocycles. The number of halogens is 1. The molecule has 0 aliphatic carbocycles. The van der Waals surface area contributed by atoms with E-state index in [-0.39, 0.29) is 5.76 Å². The molecule has 0 unspecified atom stereocenters. The van der Waals surface area contributed by atoms with Crippen LogP contribution in [-0.4, -0.2) is 18.7 Å². The Morgan fingerprint density at radius 3 is 2.50 bits per heavy atom. The van der Waals surface area contributed by atoms with Gasteiger partial charge in [-0.2, -0.15) is 5.10 Å². The Morgan fingerprint density at radius 2 is 1.95 bits per heavy atom. The van der Waals surface area contributed by atoms with Gasteiger partial charge in [-0.3, -0.25) is 4.79 Å². The normalized spacial score (nSPS) is 11.2. The second-order valence-electron chi connectivity index (χ2n) is 3.97. The summed E-state index contributed by atoms with van der Waals surface area (Å²) in [6.07, 6.45) is 0. The van der Waals surface area contributed by atoms with Crippen molar-refractivity contribution in [3.63, 3.8) is 0 Å². The van der Waals surface area contributed by atoms with E-state index in [1.165, 1.54) is 0 Å². The van der Waals surface area contributed by atoms with E-state index in [0.717, 1.165) is 11.3 Å². The summed E-state index contributed by atoms with van der Waals surface area (Å²) in [6, 6.07) is 10.6. The lowest BCUT2D eigenvalue weighted by Crippen LogP contribution is -2.18. The molecule has 0 fully saturated rings. The van der Waals surface area contributed by atoms with Crippen LogP contribution in [0, 0.1) is 0 Å². The number of methoxy groups -OCH3 is 1. The molecule has 1 aromatic heterocycles. The van der Waals surface area contributed by atoms with Crippen LogP contribution in [0.4, 0.5) is 0 Å². The minimum absolute atomic E-state index is 0.197. The van der Waals surface area contributed by atoms with E-state index in [1.807, 2.05) is 24.3 Å². The highest BCUT2D eigenvalue weighted by atomic mass is 79.9. The van der Waals surface area contributed by atoms with E-state index in [9.17, 15) is 4.79 Å². The lowest BCUT2D eigenvalue weighted by atomic mass is 10.1. The second-order valence-corrected chi connectivity index (χ2v) is 4.75. The van der Waals surface area contributed by atoms with Crippen molar-refractivity contribution in [2.45, 2.75) is 6.92 Å². The average Bonchev–Trinajstić information content (AvgIpc) is 2.91. The number of amides is 1. The highest BCUT2D eigenvalue weighted by Crippen LogP contribution is 2.14. The van der Waals surface area contributed by atoms with Crippen LogP contribution in [0.1, 0.15) is 23.0 Å². The maximum atomic E-state index is 11.7. The van der Waals surface area contributed by atoms with Crippen LogP contribution in [0.3, 0.4) is 0 Å². The number of ether oxygens (including phenoxy) is 1. The van der Waals surface area contributed by atoms with Crippen molar-refractivity contribution in [2.75, 3.05) is 7.11 Å². The third-order valence-electron chi connectivity index (χ3n) is 2.63. The van der Waals surface area contributed by atoms with Crippen LogP contribution in [0.25, 0.3) is 0 Å². The molecule has 0 spiro atoms. The quantitative estimate of drug-likeness (QED) is 0.688. The summed E-state index contributed by atoms with van der Waals surface area (Å²) in [5.41, 5.74) is 4.02. The molecule has 2 rings (SSSR count). The summed E-state index contributed by atoms with van der Waals surface area (Å²) in [5, 5.41) is 4.04. The van der Waals surface area contributed by atoms with Crippen molar-refractivity contribution >= 4 is 27.5 Å². The van der Waals surface area contributed by atoms with Crippen molar-refractivity contribution < 1.29 is 13.9 Å². The molecular formula is C14H13BrN2O3. The minimum Gasteiger partial charge on any atom is -0.497 e. The van der Waals surface area contributed by atoms with Gasteiger partial charge in [0, 0.05) is 0 Å². The van der Waals surface area contributed by atoms with E-state index in [0.29, 0.717) is 10.4 Å².